The number of nitrogens with zero attached hydrogens (tertiary/aromatic N) is 2. The van der Waals surface area contributed by atoms with Crippen LogP contribution in [0.15, 0.2) is 18.2 Å². The highest BCUT2D eigenvalue weighted by Crippen LogP contribution is 2.30. The largest absolute Gasteiger partial charge is 0.397 e. The van der Waals surface area contributed by atoms with Gasteiger partial charge in [-0.2, -0.15) is 5.26 Å². The number of nitrogen functional groups attached to an aromatic ring is 1. The molecule has 2 unspecified atom stereocenters. The molecule has 0 saturated carbocycles. The molecular weight excluding hydrogens is 236 g/mol. The van der Waals surface area contributed by atoms with Crippen LogP contribution in [-0.2, 0) is 0 Å². The van der Waals surface area contributed by atoms with Gasteiger partial charge in [0, 0.05) is 18.6 Å². The first-order valence-corrected chi connectivity index (χ1v) is 7.06. The lowest BCUT2D eigenvalue weighted by Gasteiger charge is -2.35. The molecule has 0 bridgehead atoms. The Hall–Kier alpha value is -1.73. The summed E-state index contributed by atoms with van der Waals surface area (Å²) in [5.41, 5.74) is 8.29. The molecule has 4 nitrogen and oxygen atoms in total. The maximum absolute atomic E-state index is 8.96. The summed E-state index contributed by atoms with van der Waals surface area (Å²) in [6.45, 7) is 2.45. The highest BCUT2D eigenvalue weighted by molar-refractivity contribution is 5.68. The highest BCUT2D eigenvalue weighted by Gasteiger charge is 2.31. The molecule has 1 aromatic rings. The van der Waals surface area contributed by atoms with E-state index in [0.29, 0.717) is 11.6 Å². The summed E-state index contributed by atoms with van der Waals surface area (Å²) in [7, 11) is 0. The number of rotatable bonds is 2. The first kappa shape index (κ1) is 12.3. The molecule has 2 atom stereocenters. The third-order valence-corrected chi connectivity index (χ3v) is 4.36. The van der Waals surface area contributed by atoms with Crippen LogP contribution in [0.1, 0.15) is 31.2 Å². The van der Waals surface area contributed by atoms with Crippen molar-refractivity contribution in [3.63, 3.8) is 0 Å². The molecule has 0 aliphatic carbocycles. The van der Waals surface area contributed by atoms with E-state index in [1.807, 2.05) is 12.1 Å². The number of hydrogen-bond acceptors (Lipinski definition) is 4. The summed E-state index contributed by atoms with van der Waals surface area (Å²) in [4.78, 5) is 2.60. The zero-order valence-corrected chi connectivity index (χ0v) is 11.1. The lowest BCUT2D eigenvalue weighted by atomic mass is 9.97. The van der Waals surface area contributed by atoms with Gasteiger partial charge in [-0.25, -0.2) is 0 Å². The first-order valence-electron chi connectivity index (χ1n) is 7.06. The van der Waals surface area contributed by atoms with Crippen LogP contribution in [0.4, 0.5) is 11.4 Å². The molecule has 4 heteroatoms. The predicted octanol–water partition coefficient (Wildman–Crippen LogP) is 2.18. The lowest BCUT2D eigenvalue weighted by Crippen LogP contribution is -2.42. The Balaban J connectivity index is 1.70. The van der Waals surface area contributed by atoms with Crippen molar-refractivity contribution in [2.75, 3.05) is 24.1 Å². The van der Waals surface area contributed by atoms with Crippen LogP contribution >= 0.6 is 0 Å². The summed E-state index contributed by atoms with van der Waals surface area (Å²) < 4.78 is 0. The summed E-state index contributed by atoms with van der Waals surface area (Å²) in [5.74, 6) is 0. The smallest absolute Gasteiger partial charge is 0.0992 e. The van der Waals surface area contributed by atoms with Crippen LogP contribution in [0.25, 0.3) is 0 Å². The van der Waals surface area contributed by atoms with E-state index in [1.165, 1.54) is 32.4 Å². The van der Waals surface area contributed by atoms with Crippen molar-refractivity contribution in [2.45, 2.75) is 37.8 Å². The number of piperidine rings is 1. The Morgan fingerprint density at radius 2 is 2.21 bits per heavy atom. The summed E-state index contributed by atoms with van der Waals surface area (Å²) in [6, 6.07) is 8.82. The normalized spacial score (nSPS) is 26.7. The molecule has 0 amide bonds. The maximum Gasteiger partial charge on any atom is 0.0992 e. The van der Waals surface area contributed by atoms with Gasteiger partial charge in [0.25, 0.3) is 0 Å². The molecule has 0 aromatic heterocycles. The topological polar surface area (TPSA) is 65.1 Å². The molecule has 2 aliphatic rings. The SMILES string of the molecule is N#Cc1ccc(N)c(NC2CCN3CCCC3C2)c1. The Morgan fingerprint density at radius 1 is 1.32 bits per heavy atom. The highest BCUT2D eigenvalue weighted by atomic mass is 15.2. The number of benzene rings is 1. The predicted molar refractivity (Wildman–Crippen MR) is 76.8 cm³/mol. The van der Waals surface area contributed by atoms with Crippen LogP contribution in [0, 0.1) is 11.3 Å². The molecule has 19 heavy (non-hydrogen) atoms. The Labute approximate surface area is 114 Å². The van der Waals surface area contributed by atoms with E-state index in [1.54, 1.807) is 6.07 Å². The summed E-state index contributed by atoms with van der Waals surface area (Å²) in [5, 5.41) is 12.5. The molecule has 100 valence electrons. The molecule has 3 rings (SSSR count). The molecule has 2 aliphatic heterocycles. The van der Waals surface area contributed by atoms with E-state index in [9.17, 15) is 0 Å². The van der Waals surface area contributed by atoms with Gasteiger partial charge in [0.2, 0.25) is 0 Å². The van der Waals surface area contributed by atoms with Gasteiger partial charge in [-0.05, 0) is 50.4 Å². The molecule has 3 N–H and O–H groups in total. The minimum absolute atomic E-state index is 0.482. The molecule has 0 radical (unpaired) electrons. The van der Waals surface area contributed by atoms with Crippen molar-refractivity contribution < 1.29 is 0 Å². The lowest BCUT2D eigenvalue weighted by molar-refractivity contribution is 0.188. The average Bonchev–Trinajstić information content (AvgIpc) is 2.89. The number of nitrogens with one attached hydrogen (secondary N) is 1. The second kappa shape index (κ2) is 5.10. The zero-order valence-electron chi connectivity index (χ0n) is 11.1. The van der Waals surface area contributed by atoms with Crippen LogP contribution in [-0.4, -0.2) is 30.1 Å². The number of nitrogens with two attached hydrogens (primary N) is 1. The van der Waals surface area contributed by atoms with Crippen LogP contribution in [0.2, 0.25) is 0 Å². The molecule has 2 saturated heterocycles. The van der Waals surface area contributed by atoms with Gasteiger partial charge < -0.3 is 16.0 Å². The van der Waals surface area contributed by atoms with Crippen molar-refractivity contribution in [3.05, 3.63) is 23.8 Å². The molecular formula is C15H20N4. The Morgan fingerprint density at radius 3 is 3.05 bits per heavy atom. The Bertz CT molecular complexity index is 505. The number of hydrogen-bond donors (Lipinski definition) is 2. The van der Waals surface area contributed by atoms with Crippen molar-refractivity contribution in [3.8, 4) is 6.07 Å². The van der Waals surface area contributed by atoms with Crippen molar-refractivity contribution in [2.24, 2.45) is 0 Å². The van der Waals surface area contributed by atoms with Crippen molar-refractivity contribution in [1.82, 2.24) is 4.90 Å². The third-order valence-electron chi connectivity index (χ3n) is 4.36. The Kier molecular flexibility index (Phi) is 3.31. The quantitative estimate of drug-likeness (QED) is 0.796. The fraction of sp³-hybridized carbons (Fsp3) is 0.533. The monoisotopic (exact) mass is 256 g/mol. The summed E-state index contributed by atoms with van der Waals surface area (Å²) >= 11 is 0. The maximum atomic E-state index is 8.96. The van der Waals surface area contributed by atoms with Gasteiger partial charge >= 0.3 is 0 Å². The van der Waals surface area contributed by atoms with Gasteiger partial charge in [0.05, 0.1) is 23.0 Å². The number of anilines is 2. The van der Waals surface area contributed by atoms with E-state index in [2.05, 4.69) is 16.3 Å². The molecule has 2 heterocycles. The zero-order chi connectivity index (χ0) is 13.2. The fourth-order valence-electron chi connectivity index (χ4n) is 3.33. The molecule has 1 aromatic carbocycles. The van der Waals surface area contributed by atoms with Crippen LogP contribution in [0.3, 0.4) is 0 Å². The van der Waals surface area contributed by atoms with E-state index in [-0.39, 0.29) is 0 Å². The second-order valence-electron chi connectivity index (χ2n) is 5.61. The van der Waals surface area contributed by atoms with Gasteiger partial charge in [0.1, 0.15) is 0 Å². The minimum atomic E-state index is 0.482. The summed E-state index contributed by atoms with van der Waals surface area (Å²) in [6.07, 6.45) is 5.01. The second-order valence-corrected chi connectivity index (χ2v) is 5.61. The van der Waals surface area contributed by atoms with E-state index >= 15 is 0 Å². The fourth-order valence-corrected chi connectivity index (χ4v) is 3.33. The number of fused-ring (bicyclic) bond motifs is 1. The van der Waals surface area contributed by atoms with Crippen molar-refractivity contribution >= 4 is 11.4 Å². The minimum Gasteiger partial charge on any atom is -0.397 e. The van der Waals surface area contributed by atoms with Crippen LogP contribution < -0.4 is 11.1 Å². The van der Waals surface area contributed by atoms with E-state index < -0.39 is 0 Å². The number of nitriles is 1. The van der Waals surface area contributed by atoms with Gasteiger partial charge in [-0.1, -0.05) is 0 Å². The van der Waals surface area contributed by atoms with Gasteiger partial charge in [-0.15, -0.1) is 0 Å². The van der Waals surface area contributed by atoms with Crippen molar-refractivity contribution in [1.29, 1.82) is 5.26 Å². The molecule has 2 fully saturated rings. The van der Waals surface area contributed by atoms with E-state index in [4.69, 9.17) is 11.0 Å². The van der Waals surface area contributed by atoms with Crippen LogP contribution in [0.5, 0.6) is 0 Å². The van der Waals surface area contributed by atoms with Gasteiger partial charge in [0.15, 0.2) is 0 Å². The molecule has 0 spiro atoms. The first-order chi connectivity index (χ1) is 9.26. The van der Waals surface area contributed by atoms with Gasteiger partial charge in [-0.3, -0.25) is 0 Å². The average molecular weight is 256 g/mol. The standard InChI is InChI=1S/C15H20N4/c16-10-11-3-4-14(17)15(8-11)18-12-5-7-19-6-1-2-13(19)9-12/h3-4,8,12-13,18H,1-2,5-7,9,17H2. The van der Waals surface area contributed by atoms with E-state index in [0.717, 1.165) is 23.8 Å². The third kappa shape index (κ3) is 2.52.